The molecule has 3 N–H and O–H groups in total. The number of hydrogen-bond acceptors (Lipinski definition) is 3. The molecule has 2 aromatic rings. The van der Waals surface area contributed by atoms with E-state index in [1.54, 1.807) is 18.2 Å². The van der Waals surface area contributed by atoms with Crippen LogP contribution in [-0.4, -0.2) is 12.5 Å². The topological polar surface area (TPSA) is 64.3 Å². The minimum atomic E-state index is -0.148. The standard InChI is InChI=1S/C18H22N2O2/c1-3-11-22-17-10-9-15(12-16(17)19)18(21)20-13(2)14-7-5-4-6-8-14/h4-10,12-13H,3,11,19H2,1-2H3,(H,20,21). The Kier molecular flexibility index (Phi) is 5.42. The van der Waals surface area contributed by atoms with Gasteiger partial charge in [0.1, 0.15) is 5.75 Å². The highest BCUT2D eigenvalue weighted by atomic mass is 16.5. The second-order valence-corrected chi connectivity index (χ2v) is 5.21. The van der Waals surface area contributed by atoms with Gasteiger partial charge in [-0.1, -0.05) is 37.3 Å². The highest BCUT2D eigenvalue weighted by molar-refractivity contribution is 5.95. The van der Waals surface area contributed by atoms with Crippen LogP contribution in [0.15, 0.2) is 48.5 Å². The molecular formula is C18H22N2O2. The fourth-order valence-electron chi connectivity index (χ4n) is 2.14. The normalized spacial score (nSPS) is 11.7. The fraction of sp³-hybridized carbons (Fsp3) is 0.278. The molecule has 0 saturated carbocycles. The van der Waals surface area contributed by atoms with Gasteiger partial charge in [0.05, 0.1) is 18.3 Å². The van der Waals surface area contributed by atoms with E-state index in [4.69, 9.17) is 10.5 Å². The van der Waals surface area contributed by atoms with Crippen LogP contribution in [0.3, 0.4) is 0 Å². The van der Waals surface area contributed by atoms with E-state index >= 15 is 0 Å². The number of carbonyl (C=O) groups excluding carboxylic acids is 1. The van der Waals surface area contributed by atoms with E-state index in [1.807, 2.05) is 44.2 Å². The van der Waals surface area contributed by atoms with Crippen molar-refractivity contribution in [3.05, 3.63) is 59.7 Å². The molecule has 0 fully saturated rings. The van der Waals surface area contributed by atoms with Crippen LogP contribution in [0.4, 0.5) is 5.69 Å². The molecule has 2 aromatic carbocycles. The molecule has 4 heteroatoms. The quantitative estimate of drug-likeness (QED) is 0.802. The van der Waals surface area contributed by atoms with Gasteiger partial charge in [0, 0.05) is 5.56 Å². The number of carbonyl (C=O) groups is 1. The van der Waals surface area contributed by atoms with Crippen molar-refractivity contribution >= 4 is 11.6 Å². The van der Waals surface area contributed by atoms with Gasteiger partial charge in [-0.25, -0.2) is 0 Å². The number of rotatable bonds is 6. The van der Waals surface area contributed by atoms with Gasteiger partial charge >= 0.3 is 0 Å². The zero-order valence-electron chi connectivity index (χ0n) is 13.0. The lowest BCUT2D eigenvalue weighted by Gasteiger charge is -2.15. The van der Waals surface area contributed by atoms with Crippen molar-refractivity contribution in [2.75, 3.05) is 12.3 Å². The van der Waals surface area contributed by atoms with Crippen LogP contribution in [-0.2, 0) is 0 Å². The molecule has 0 heterocycles. The molecular weight excluding hydrogens is 276 g/mol. The average Bonchev–Trinajstić information content (AvgIpc) is 2.54. The van der Waals surface area contributed by atoms with E-state index in [9.17, 15) is 4.79 Å². The summed E-state index contributed by atoms with van der Waals surface area (Å²) in [5.41, 5.74) is 8.01. The maximum Gasteiger partial charge on any atom is 0.251 e. The first-order chi connectivity index (χ1) is 10.6. The van der Waals surface area contributed by atoms with E-state index < -0.39 is 0 Å². The van der Waals surface area contributed by atoms with Gasteiger partial charge < -0.3 is 15.8 Å². The van der Waals surface area contributed by atoms with Crippen LogP contribution in [0.2, 0.25) is 0 Å². The number of nitrogens with one attached hydrogen (secondary N) is 1. The molecule has 2 rings (SSSR count). The number of benzene rings is 2. The number of hydrogen-bond donors (Lipinski definition) is 2. The molecule has 116 valence electrons. The van der Waals surface area contributed by atoms with Crippen molar-refractivity contribution in [2.24, 2.45) is 0 Å². The third-order valence-corrected chi connectivity index (χ3v) is 3.38. The van der Waals surface area contributed by atoms with Crippen molar-refractivity contribution in [3.63, 3.8) is 0 Å². The molecule has 0 aromatic heterocycles. The molecule has 0 aliphatic carbocycles. The molecule has 1 atom stereocenters. The van der Waals surface area contributed by atoms with E-state index in [2.05, 4.69) is 5.32 Å². The summed E-state index contributed by atoms with van der Waals surface area (Å²) in [5.74, 6) is 0.472. The Hall–Kier alpha value is -2.49. The minimum absolute atomic E-state index is 0.0639. The molecule has 1 unspecified atom stereocenters. The molecule has 0 saturated heterocycles. The number of nitrogens with two attached hydrogens (primary N) is 1. The summed E-state index contributed by atoms with van der Waals surface area (Å²) in [4.78, 5) is 12.3. The maximum atomic E-state index is 12.3. The lowest BCUT2D eigenvalue weighted by Crippen LogP contribution is -2.26. The zero-order valence-corrected chi connectivity index (χ0v) is 13.0. The lowest BCUT2D eigenvalue weighted by molar-refractivity contribution is 0.0940. The first-order valence-electron chi connectivity index (χ1n) is 7.50. The van der Waals surface area contributed by atoms with E-state index in [0.29, 0.717) is 23.6 Å². The van der Waals surface area contributed by atoms with Crippen molar-refractivity contribution < 1.29 is 9.53 Å². The third kappa shape index (κ3) is 4.01. The summed E-state index contributed by atoms with van der Waals surface area (Å²) in [6, 6.07) is 14.9. The first-order valence-corrected chi connectivity index (χ1v) is 7.50. The summed E-state index contributed by atoms with van der Waals surface area (Å²) in [5, 5.41) is 2.97. The SMILES string of the molecule is CCCOc1ccc(C(=O)NC(C)c2ccccc2)cc1N. The van der Waals surface area contributed by atoms with Gasteiger partial charge in [-0.15, -0.1) is 0 Å². The maximum absolute atomic E-state index is 12.3. The smallest absolute Gasteiger partial charge is 0.251 e. The predicted molar refractivity (Wildman–Crippen MR) is 89.0 cm³/mol. The summed E-state index contributed by atoms with van der Waals surface area (Å²) >= 11 is 0. The molecule has 0 radical (unpaired) electrons. The van der Waals surface area contributed by atoms with E-state index in [0.717, 1.165) is 12.0 Å². The van der Waals surface area contributed by atoms with Crippen LogP contribution in [0.1, 0.15) is 42.2 Å². The molecule has 4 nitrogen and oxygen atoms in total. The molecule has 0 bridgehead atoms. The van der Waals surface area contributed by atoms with E-state index in [-0.39, 0.29) is 11.9 Å². The van der Waals surface area contributed by atoms with Gasteiger partial charge in [0.25, 0.3) is 5.91 Å². The molecule has 1 amide bonds. The monoisotopic (exact) mass is 298 g/mol. The van der Waals surface area contributed by atoms with Crippen molar-refractivity contribution in [3.8, 4) is 5.75 Å². The Balaban J connectivity index is 2.05. The second-order valence-electron chi connectivity index (χ2n) is 5.21. The van der Waals surface area contributed by atoms with Crippen molar-refractivity contribution in [2.45, 2.75) is 26.3 Å². The van der Waals surface area contributed by atoms with Gasteiger partial charge in [-0.2, -0.15) is 0 Å². The molecule has 0 spiro atoms. The number of amides is 1. The zero-order chi connectivity index (χ0) is 15.9. The molecule has 0 aliphatic rings. The summed E-state index contributed by atoms with van der Waals surface area (Å²) in [6.45, 7) is 4.60. The van der Waals surface area contributed by atoms with Crippen LogP contribution in [0.25, 0.3) is 0 Å². The number of nitrogen functional groups attached to an aromatic ring is 1. The number of anilines is 1. The van der Waals surface area contributed by atoms with Gasteiger partial charge in [0.2, 0.25) is 0 Å². The Labute approximate surface area is 131 Å². The Bertz CT molecular complexity index is 626. The Morgan fingerprint density at radius 1 is 1.23 bits per heavy atom. The van der Waals surface area contributed by atoms with E-state index in [1.165, 1.54) is 0 Å². The highest BCUT2D eigenvalue weighted by Gasteiger charge is 2.12. The summed E-state index contributed by atoms with van der Waals surface area (Å²) in [6.07, 6.45) is 0.913. The lowest BCUT2D eigenvalue weighted by atomic mass is 10.1. The highest BCUT2D eigenvalue weighted by Crippen LogP contribution is 2.23. The minimum Gasteiger partial charge on any atom is -0.491 e. The van der Waals surface area contributed by atoms with Crippen LogP contribution in [0.5, 0.6) is 5.75 Å². The average molecular weight is 298 g/mol. The third-order valence-electron chi connectivity index (χ3n) is 3.38. The largest absolute Gasteiger partial charge is 0.491 e. The second kappa shape index (κ2) is 7.50. The van der Waals surface area contributed by atoms with Crippen LogP contribution in [0, 0.1) is 0 Å². The molecule has 22 heavy (non-hydrogen) atoms. The van der Waals surface area contributed by atoms with Crippen molar-refractivity contribution in [1.29, 1.82) is 0 Å². The fourth-order valence-corrected chi connectivity index (χ4v) is 2.14. The Morgan fingerprint density at radius 2 is 1.95 bits per heavy atom. The predicted octanol–water partition coefficient (Wildman–Crippen LogP) is 3.55. The first kappa shape index (κ1) is 15.9. The summed E-state index contributed by atoms with van der Waals surface area (Å²) in [7, 11) is 0. The van der Waals surface area contributed by atoms with Gasteiger partial charge in [-0.3, -0.25) is 4.79 Å². The van der Waals surface area contributed by atoms with Crippen LogP contribution >= 0.6 is 0 Å². The van der Waals surface area contributed by atoms with Crippen LogP contribution < -0.4 is 15.8 Å². The van der Waals surface area contributed by atoms with Gasteiger partial charge in [0.15, 0.2) is 0 Å². The number of ether oxygens (including phenoxy) is 1. The Morgan fingerprint density at radius 3 is 2.59 bits per heavy atom. The van der Waals surface area contributed by atoms with Gasteiger partial charge in [-0.05, 0) is 37.1 Å². The van der Waals surface area contributed by atoms with Crippen molar-refractivity contribution in [1.82, 2.24) is 5.32 Å². The summed E-state index contributed by atoms with van der Waals surface area (Å²) < 4.78 is 5.51. The molecule has 0 aliphatic heterocycles.